The minimum absolute atomic E-state index is 0.729. The average Bonchev–Trinajstić information content (AvgIpc) is 2.86. The van der Waals surface area contributed by atoms with Gasteiger partial charge in [0.2, 0.25) is 5.95 Å². The van der Waals surface area contributed by atoms with Gasteiger partial charge in [0.15, 0.2) is 5.65 Å². The van der Waals surface area contributed by atoms with Crippen LogP contribution in [0.3, 0.4) is 0 Å². The summed E-state index contributed by atoms with van der Waals surface area (Å²) in [6.07, 6.45) is 5.61. The highest BCUT2D eigenvalue weighted by Crippen LogP contribution is 2.26. The van der Waals surface area contributed by atoms with Gasteiger partial charge in [-0.15, -0.1) is 0 Å². The first-order chi connectivity index (χ1) is 8.75. The first kappa shape index (κ1) is 11.3. The number of aromatic amines is 1. The van der Waals surface area contributed by atoms with Gasteiger partial charge in [-0.05, 0) is 19.3 Å². The van der Waals surface area contributed by atoms with E-state index in [1.165, 1.54) is 19.3 Å². The highest BCUT2D eigenvalue weighted by atomic mass is 15.3. The van der Waals surface area contributed by atoms with Gasteiger partial charge in [0.05, 0.1) is 11.6 Å². The molecule has 0 aromatic carbocycles. The summed E-state index contributed by atoms with van der Waals surface area (Å²) in [5.41, 5.74) is 0.814. The third-order valence-corrected chi connectivity index (χ3v) is 3.33. The van der Waals surface area contributed by atoms with E-state index >= 15 is 0 Å². The number of hydrogen-bond acceptors (Lipinski definition) is 5. The zero-order valence-corrected chi connectivity index (χ0v) is 10.8. The number of aromatic nitrogens is 4. The number of nitrogens with zero attached hydrogens (tertiary/aromatic N) is 5. The van der Waals surface area contributed by atoms with Crippen LogP contribution in [0.25, 0.3) is 11.0 Å². The molecular weight excluding hydrogens is 228 g/mol. The van der Waals surface area contributed by atoms with Crippen LogP contribution in [0.4, 0.5) is 11.8 Å². The minimum Gasteiger partial charge on any atom is -0.356 e. The summed E-state index contributed by atoms with van der Waals surface area (Å²) in [5, 5.41) is 8.04. The fraction of sp³-hybridized carbons (Fsp3) is 0.583. The first-order valence-electron chi connectivity index (χ1n) is 6.39. The molecule has 0 unspecified atom stereocenters. The van der Waals surface area contributed by atoms with E-state index < -0.39 is 0 Å². The van der Waals surface area contributed by atoms with Crippen molar-refractivity contribution < 1.29 is 0 Å². The third kappa shape index (κ3) is 1.87. The molecular formula is C12H18N6. The van der Waals surface area contributed by atoms with Gasteiger partial charge in [0.25, 0.3) is 0 Å². The second-order valence-electron chi connectivity index (χ2n) is 4.92. The Balaban J connectivity index is 2.09. The molecule has 0 amide bonds. The summed E-state index contributed by atoms with van der Waals surface area (Å²) in [4.78, 5) is 13.4. The molecule has 0 aliphatic carbocycles. The van der Waals surface area contributed by atoms with E-state index in [4.69, 9.17) is 0 Å². The Morgan fingerprint density at radius 1 is 1.17 bits per heavy atom. The largest absolute Gasteiger partial charge is 0.356 e. The number of fused-ring (bicyclic) bond motifs is 1. The predicted molar refractivity (Wildman–Crippen MR) is 72.1 cm³/mol. The summed E-state index contributed by atoms with van der Waals surface area (Å²) in [6.45, 7) is 2.15. The van der Waals surface area contributed by atoms with Gasteiger partial charge in [-0.2, -0.15) is 15.1 Å². The molecule has 3 rings (SSSR count). The summed E-state index contributed by atoms with van der Waals surface area (Å²) < 4.78 is 0. The Bertz CT molecular complexity index is 540. The third-order valence-electron chi connectivity index (χ3n) is 3.33. The molecule has 0 radical (unpaired) electrons. The van der Waals surface area contributed by atoms with Gasteiger partial charge in [0, 0.05) is 27.2 Å². The van der Waals surface area contributed by atoms with E-state index in [0.29, 0.717) is 0 Å². The van der Waals surface area contributed by atoms with Crippen molar-refractivity contribution in [2.75, 3.05) is 37.0 Å². The van der Waals surface area contributed by atoms with E-state index in [9.17, 15) is 0 Å². The maximum absolute atomic E-state index is 4.68. The molecule has 1 aliphatic heterocycles. The molecule has 6 heteroatoms. The molecule has 1 fully saturated rings. The first-order valence-corrected chi connectivity index (χ1v) is 6.39. The van der Waals surface area contributed by atoms with Crippen molar-refractivity contribution in [1.29, 1.82) is 0 Å². The molecule has 1 N–H and O–H groups in total. The van der Waals surface area contributed by atoms with Crippen molar-refractivity contribution >= 4 is 22.8 Å². The van der Waals surface area contributed by atoms with Crippen LogP contribution in [0.1, 0.15) is 19.3 Å². The zero-order chi connectivity index (χ0) is 12.5. The molecule has 2 aromatic rings. The number of hydrogen-bond donors (Lipinski definition) is 1. The van der Waals surface area contributed by atoms with Crippen molar-refractivity contribution in [1.82, 2.24) is 20.2 Å². The van der Waals surface area contributed by atoms with E-state index in [0.717, 1.165) is 35.9 Å². The van der Waals surface area contributed by atoms with Crippen LogP contribution in [-0.4, -0.2) is 47.4 Å². The molecule has 3 heterocycles. The normalized spacial score (nSPS) is 16.2. The van der Waals surface area contributed by atoms with Gasteiger partial charge >= 0.3 is 0 Å². The highest BCUT2D eigenvalue weighted by molar-refractivity contribution is 5.87. The van der Waals surface area contributed by atoms with E-state index in [1.807, 2.05) is 25.2 Å². The minimum atomic E-state index is 0.729. The lowest BCUT2D eigenvalue weighted by atomic mass is 10.1. The standard InChI is InChI=1S/C12H18N6/c1-17(2)12-14-10-9(8-13-16-10)11(15-12)18-6-4-3-5-7-18/h8H,3-7H2,1-2H3,(H,13,14,15,16). The van der Waals surface area contributed by atoms with Crippen LogP contribution in [0.5, 0.6) is 0 Å². The lowest BCUT2D eigenvalue weighted by Gasteiger charge is -2.28. The summed E-state index contributed by atoms with van der Waals surface area (Å²) >= 11 is 0. The van der Waals surface area contributed by atoms with Crippen LogP contribution in [0, 0.1) is 0 Å². The topological polar surface area (TPSA) is 60.9 Å². The molecule has 0 spiro atoms. The molecule has 6 nitrogen and oxygen atoms in total. The molecule has 96 valence electrons. The fourth-order valence-corrected chi connectivity index (χ4v) is 2.35. The number of rotatable bonds is 2. The second-order valence-corrected chi connectivity index (χ2v) is 4.92. The van der Waals surface area contributed by atoms with Gasteiger partial charge in [-0.25, -0.2) is 0 Å². The molecule has 0 bridgehead atoms. The number of anilines is 2. The Morgan fingerprint density at radius 2 is 1.94 bits per heavy atom. The number of nitrogens with one attached hydrogen (secondary N) is 1. The maximum Gasteiger partial charge on any atom is 0.228 e. The Kier molecular flexibility index (Phi) is 2.77. The summed E-state index contributed by atoms with van der Waals surface area (Å²) in [5.74, 6) is 1.74. The lowest BCUT2D eigenvalue weighted by molar-refractivity contribution is 0.574. The molecule has 1 saturated heterocycles. The van der Waals surface area contributed by atoms with Crippen LogP contribution in [0.2, 0.25) is 0 Å². The maximum atomic E-state index is 4.68. The SMILES string of the molecule is CN(C)c1nc(N2CCCCC2)c2cn[nH]c2n1. The van der Waals surface area contributed by atoms with Crippen LogP contribution < -0.4 is 9.80 Å². The van der Waals surface area contributed by atoms with Gasteiger partial charge in [-0.1, -0.05) is 0 Å². The Morgan fingerprint density at radius 3 is 2.67 bits per heavy atom. The summed E-state index contributed by atoms with van der Waals surface area (Å²) in [7, 11) is 3.91. The zero-order valence-electron chi connectivity index (χ0n) is 10.8. The molecule has 0 atom stereocenters. The molecule has 18 heavy (non-hydrogen) atoms. The van der Waals surface area contributed by atoms with Crippen LogP contribution >= 0.6 is 0 Å². The molecule has 0 saturated carbocycles. The Labute approximate surface area is 106 Å². The van der Waals surface area contributed by atoms with Gasteiger partial charge < -0.3 is 9.80 Å². The van der Waals surface area contributed by atoms with Crippen molar-refractivity contribution in [3.8, 4) is 0 Å². The average molecular weight is 246 g/mol. The molecule has 2 aromatic heterocycles. The van der Waals surface area contributed by atoms with Gasteiger partial charge in [-0.3, -0.25) is 5.10 Å². The highest BCUT2D eigenvalue weighted by Gasteiger charge is 2.18. The number of H-pyrrole nitrogens is 1. The van der Waals surface area contributed by atoms with E-state index in [-0.39, 0.29) is 0 Å². The van der Waals surface area contributed by atoms with Crippen LogP contribution in [-0.2, 0) is 0 Å². The lowest BCUT2D eigenvalue weighted by Crippen LogP contribution is -2.31. The quantitative estimate of drug-likeness (QED) is 0.868. The van der Waals surface area contributed by atoms with Crippen molar-refractivity contribution in [2.45, 2.75) is 19.3 Å². The number of piperidine rings is 1. The van der Waals surface area contributed by atoms with Crippen LogP contribution in [0.15, 0.2) is 6.20 Å². The summed E-state index contributed by atoms with van der Waals surface area (Å²) in [6, 6.07) is 0. The fourth-order valence-electron chi connectivity index (χ4n) is 2.35. The van der Waals surface area contributed by atoms with Crippen molar-refractivity contribution in [3.63, 3.8) is 0 Å². The predicted octanol–water partition coefficient (Wildman–Crippen LogP) is 1.41. The second kappa shape index (κ2) is 4.44. The van der Waals surface area contributed by atoms with Crippen molar-refractivity contribution in [2.24, 2.45) is 0 Å². The van der Waals surface area contributed by atoms with E-state index in [1.54, 1.807) is 0 Å². The van der Waals surface area contributed by atoms with E-state index in [2.05, 4.69) is 25.1 Å². The Hall–Kier alpha value is -1.85. The monoisotopic (exact) mass is 246 g/mol. The van der Waals surface area contributed by atoms with Gasteiger partial charge in [0.1, 0.15) is 5.82 Å². The smallest absolute Gasteiger partial charge is 0.228 e. The van der Waals surface area contributed by atoms with Crippen molar-refractivity contribution in [3.05, 3.63) is 6.20 Å². The molecule has 1 aliphatic rings.